The highest BCUT2D eigenvalue weighted by Crippen LogP contribution is 2.20. The molecule has 2 aromatic rings. The lowest BCUT2D eigenvalue weighted by Crippen LogP contribution is -2.43. The van der Waals surface area contributed by atoms with Crippen LogP contribution in [0.15, 0.2) is 30.3 Å². The van der Waals surface area contributed by atoms with Crippen molar-refractivity contribution in [2.45, 2.75) is 13.8 Å². The summed E-state index contributed by atoms with van der Waals surface area (Å²) in [6, 6.07) is 10.7. The molecule has 0 spiro atoms. The van der Waals surface area contributed by atoms with Gasteiger partial charge in [0.15, 0.2) is 0 Å². The van der Waals surface area contributed by atoms with Gasteiger partial charge in [-0.05, 0) is 38.1 Å². The number of hydrogen-bond acceptors (Lipinski definition) is 3. The molecule has 2 heterocycles. The molecule has 100 valence electrons. The van der Waals surface area contributed by atoms with E-state index in [2.05, 4.69) is 52.6 Å². The molecule has 4 nitrogen and oxygen atoms in total. The Morgan fingerprint density at radius 1 is 1.05 bits per heavy atom. The van der Waals surface area contributed by atoms with Crippen LogP contribution >= 0.6 is 0 Å². The lowest BCUT2D eigenvalue weighted by atomic mass is 10.2. The third-order valence-corrected chi connectivity index (χ3v) is 3.57. The second kappa shape index (κ2) is 5.05. The highest BCUT2D eigenvalue weighted by Gasteiger charge is 2.11. The fourth-order valence-corrected chi connectivity index (χ4v) is 2.63. The Balaban J connectivity index is 1.93. The molecule has 0 radical (unpaired) electrons. The Morgan fingerprint density at radius 3 is 2.47 bits per heavy atom. The summed E-state index contributed by atoms with van der Waals surface area (Å²) in [7, 11) is 0. The van der Waals surface area contributed by atoms with E-state index in [0.717, 1.165) is 37.6 Å². The van der Waals surface area contributed by atoms with Gasteiger partial charge in [-0.1, -0.05) is 6.07 Å². The Kier molecular flexibility index (Phi) is 3.25. The average Bonchev–Trinajstić information content (AvgIpc) is 2.79. The van der Waals surface area contributed by atoms with Crippen molar-refractivity contribution in [1.82, 2.24) is 15.1 Å². The summed E-state index contributed by atoms with van der Waals surface area (Å²) in [5.41, 5.74) is 4.66. The van der Waals surface area contributed by atoms with Crippen molar-refractivity contribution in [2.75, 3.05) is 31.1 Å². The third-order valence-electron chi connectivity index (χ3n) is 3.57. The Bertz CT molecular complexity index is 567. The van der Waals surface area contributed by atoms with Gasteiger partial charge in [-0.15, -0.1) is 0 Å². The number of nitrogens with one attached hydrogen (secondary N) is 1. The maximum Gasteiger partial charge on any atom is 0.0669 e. The summed E-state index contributed by atoms with van der Waals surface area (Å²) in [5.74, 6) is 0. The van der Waals surface area contributed by atoms with Gasteiger partial charge in [-0.2, -0.15) is 5.10 Å². The van der Waals surface area contributed by atoms with Gasteiger partial charge in [0.25, 0.3) is 0 Å². The molecule has 0 bridgehead atoms. The molecular formula is C15H20N4. The largest absolute Gasteiger partial charge is 0.369 e. The van der Waals surface area contributed by atoms with E-state index in [9.17, 15) is 0 Å². The van der Waals surface area contributed by atoms with E-state index in [1.165, 1.54) is 11.4 Å². The minimum Gasteiger partial charge on any atom is -0.369 e. The molecule has 1 aliphatic heterocycles. The van der Waals surface area contributed by atoms with Gasteiger partial charge in [0.1, 0.15) is 0 Å². The van der Waals surface area contributed by atoms with Crippen LogP contribution in [0.5, 0.6) is 0 Å². The molecular weight excluding hydrogens is 236 g/mol. The molecule has 1 N–H and O–H groups in total. The maximum absolute atomic E-state index is 4.55. The van der Waals surface area contributed by atoms with Gasteiger partial charge in [-0.3, -0.25) is 0 Å². The van der Waals surface area contributed by atoms with E-state index in [-0.39, 0.29) is 0 Å². The van der Waals surface area contributed by atoms with E-state index in [1.807, 2.05) is 11.6 Å². The van der Waals surface area contributed by atoms with Crippen LogP contribution in [0, 0.1) is 13.8 Å². The van der Waals surface area contributed by atoms with E-state index in [0.29, 0.717) is 0 Å². The minimum atomic E-state index is 1.06. The number of nitrogens with zero attached hydrogens (tertiary/aromatic N) is 3. The molecule has 0 amide bonds. The van der Waals surface area contributed by atoms with Crippen molar-refractivity contribution in [2.24, 2.45) is 0 Å². The van der Waals surface area contributed by atoms with Crippen molar-refractivity contribution in [3.63, 3.8) is 0 Å². The molecule has 0 unspecified atom stereocenters. The van der Waals surface area contributed by atoms with Gasteiger partial charge >= 0.3 is 0 Å². The van der Waals surface area contributed by atoms with Gasteiger partial charge in [-0.25, -0.2) is 4.68 Å². The molecule has 1 saturated heterocycles. The van der Waals surface area contributed by atoms with E-state index in [4.69, 9.17) is 0 Å². The second-order valence-electron chi connectivity index (χ2n) is 5.10. The molecule has 1 fully saturated rings. The van der Waals surface area contributed by atoms with Crippen LogP contribution in [0.4, 0.5) is 5.69 Å². The summed E-state index contributed by atoms with van der Waals surface area (Å²) in [5, 5.41) is 7.94. The number of benzene rings is 1. The fourth-order valence-electron chi connectivity index (χ4n) is 2.63. The van der Waals surface area contributed by atoms with E-state index in [1.54, 1.807) is 0 Å². The molecule has 4 heteroatoms. The Morgan fingerprint density at radius 2 is 1.79 bits per heavy atom. The molecule has 19 heavy (non-hydrogen) atoms. The standard InChI is InChI=1S/C15H20N4/c1-12-10-13(2)19(17-12)15-5-3-4-14(11-15)18-8-6-16-7-9-18/h3-5,10-11,16H,6-9H2,1-2H3. The summed E-state index contributed by atoms with van der Waals surface area (Å²) >= 11 is 0. The maximum atomic E-state index is 4.55. The number of hydrogen-bond donors (Lipinski definition) is 1. The predicted octanol–water partition coefficient (Wildman–Crippen LogP) is 1.90. The zero-order chi connectivity index (χ0) is 13.2. The number of rotatable bonds is 2. The van der Waals surface area contributed by atoms with Gasteiger partial charge < -0.3 is 10.2 Å². The summed E-state index contributed by atoms with van der Waals surface area (Å²) < 4.78 is 2.01. The normalized spacial score (nSPS) is 15.8. The van der Waals surface area contributed by atoms with Crippen LogP contribution in [0.3, 0.4) is 0 Å². The summed E-state index contributed by atoms with van der Waals surface area (Å²) in [6.45, 7) is 8.39. The monoisotopic (exact) mass is 256 g/mol. The predicted molar refractivity (Wildman–Crippen MR) is 78.1 cm³/mol. The highest BCUT2D eigenvalue weighted by atomic mass is 15.3. The average molecular weight is 256 g/mol. The fraction of sp³-hybridized carbons (Fsp3) is 0.400. The van der Waals surface area contributed by atoms with Crippen molar-refractivity contribution in [1.29, 1.82) is 0 Å². The second-order valence-corrected chi connectivity index (χ2v) is 5.10. The van der Waals surface area contributed by atoms with Crippen LogP contribution in [0.1, 0.15) is 11.4 Å². The lowest BCUT2D eigenvalue weighted by Gasteiger charge is -2.29. The first kappa shape index (κ1) is 12.2. The van der Waals surface area contributed by atoms with Gasteiger partial charge in [0.2, 0.25) is 0 Å². The van der Waals surface area contributed by atoms with Crippen molar-refractivity contribution < 1.29 is 0 Å². The third kappa shape index (κ3) is 2.49. The van der Waals surface area contributed by atoms with Crippen molar-refractivity contribution in [3.05, 3.63) is 41.7 Å². The van der Waals surface area contributed by atoms with Crippen molar-refractivity contribution >= 4 is 5.69 Å². The zero-order valence-corrected chi connectivity index (χ0v) is 11.6. The minimum absolute atomic E-state index is 1.06. The van der Waals surface area contributed by atoms with E-state index >= 15 is 0 Å². The first-order valence-corrected chi connectivity index (χ1v) is 6.83. The van der Waals surface area contributed by atoms with Gasteiger partial charge in [0.05, 0.1) is 11.4 Å². The molecule has 1 aromatic carbocycles. The summed E-state index contributed by atoms with van der Waals surface area (Å²) in [4.78, 5) is 2.42. The molecule has 0 aliphatic carbocycles. The van der Waals surface area contributed by atoms with Crippen LogP contribution in [-0.4, -0.2) is 36.0 Å². The number of piperazine rings is 1. The molecule has 1 aromatic heterocycles. The smallest absolute Gasteiger partial charge is 0.0669 e. The summed E-state index contributed by atoms with van der Waals surface area (Å²) in [6.07, 6.45) is 0. The van der Waals surface area contributed by atoms with Gasteiger partial charge in [0, 0.05) is 37.6 Å². The first-order valence-electron chi connectivity index (χ1n) is 6.83. The molecule has 0 saturated carbocycles. The van der Waals surface area contributed by atoms with Crippen LogP contribution in [0.25, 0.3) is 5.69 Å². The van der Waals surface area contributed by atoms with Crippen LogP contribution < -0.4 is 10.2 Å². The molecule has 0 atom stereocenters. The zero-order valence-electron chi connectivity index (χ0n) is 11.6. The molecule has 1 aliphatic rings. The van der Waals surface area contributed by atoms with Crippen LogP contribution in [0.2, 0.25) is 0 Å². The Labute approximate surface area is 114 Å². The number of aromatic nitrogens is 2. The lowest BCUT2D eigenvalue weighted by molar-refractivity contribution is 0.589. The highest BCUT2D eigenvalue weighted by molar-refractivity contribution is 5.53. The quantitative estimate of drug-likeness (QED) is 0.891. The number of anilines is 1. The van der Waals surface area contributed by atoms with Crippen LogP contribution in [-0.2, 0) is 0 Å². The SMILES string of the molecule is Cc1cc(C)n(-c2cccc(N3CCNCC3)c2)n1. The molecule has 3 rings (SSSR count). The Hall–Kier alpha value is -1.81. The topological polar surface area (TPSA) is 33.1 Å². The van der Waals surface area contributed by atoms with E-state index < -0.39 is 0 Å². The number of aryl methyl sites for hydroxylation is 2. The first-order chi connectivity index (χ1) is 9.24. The van der Waals surface area contributed by atoms with Crippen molar-refractivity contribution in [3.8, 4) is 5.69 Å².